The number of carbonyl (C=O) groups excluding carboxylic acids is 2. The zero-order valence-corrected chi connectivity index (χ0v) is 14.9. The molecule has 6 heteroatoms. The van der Waals surface area contributed by atoms with Gasteiger partial charge < -0.3 is 15.4 Å². The smallest absolute Gasteiger partial charge is 0.258 e. The highest BCUT2D eigenvalue weighted by Gasteiger charge is 2.11. The van der Waals surface area contributed by atoms with Crippen LogP contribution in [0.4, 0.5) is 0 Å². The first-order valence-electron chi connectivity index (χ1n) is 7.54. The third-order valence-corrected chi connectivity index (χ3v) is 3.84. The lowest BCUT2D eigenvalue weighted by molar-refractivity contribution is -0.127. The Morgan fingerprint density at radius 2 is 1.71 bits per heavy atom. The number of hydrogen-bond acceptors (Lipinski definition) is 3. The molecule has 2 amide bonds. The Balaban J connectivity index is 1.70. The number of carbonyl (C=O) groups is 2. The number of ether oxygens (including phenoxy) is 1. The summed E-state index contributed by atoms with van der Waals surface area (Å²) in [5, 5.41) is 5.37. The van der Waals surface area contributed by atoms with E-state index in [1.165, 1.54) is 0 Å². The van der Waals surface area contributed by atoms with E-state index in [9.17, 15) is 9.59 Å². The number of hydrogen-bond donors (Lipinski definition) is 2. The summed E-state index contributed by atoms with van der Waals surface area (Å²) in [7, 11) is 0. The van der Waals surface area contributed by atoms with Gasteiger partial charge in [0.15, 0.2) is 6.61 Å². The topological polar surface area (TPSA) is 67.4 Å². The molecule has 2 aromatic rings. The van der Waals surface area contributed by atoms with Crippen molar-refractivity contribution in [2.75, 3.05) is 13.2 Å². The first-order valence-corrected chi connectivity index (χ1v) is 8.33. The summed E-state index contributed by atoms with van der Waals surface area (Å²) in [5.41, 5.74) is 0.991. The van der Waals surface area contributed by atoms with Crippen LogP contribution in [0.25, 0.3) is 0 Å². The molecule has 0 aliphatic rings. The average Bonchev–Trinajstić information content (AvgIpc) is 2.59. The molecule has 0 fully saturated rings. The highest BCUT2D eigenvalue weighted by atomic mass is 79.9. The third kappa shape index (κ3) is 6.04. The second-order valence-corrected chi connectivity index (χ2v) is 6.13. The second kappa shape index (κ2) is 9.08. The van der Waals surface area contributed by atoms with Crippen molar-refractivity contribution in [2.45, 2.75) is 13.0 Å². The van der Waals surface area contributed by atoms with Gasteiger partial charge in [0.25, 0.3) is 5.91 Å². The van der Waals surface area contributed by atoms with E-state index >= 15 is 0 Å². The van der Waals surface area contributed by atoms with Crippen LogP contribution in [-0.2, 0) is 9.59 Å². The monoisotopic (exact) mass is 390 g/mol. The molecule has 0 spiro atoms. The zero-order chi connectivity index (χ0) is 17.4. The van der Waals surface area contributed by atoms with E-state index in [0.29, 0.717) is 5.75 Å². The van der Waals surface area contributed by atoms with Crippen molar-refractivity contribution in [2.24, 2.45) is 0 Å². The van der Waals surface area contributed by atoms with E-state index in [1.54, 1.807) is 12.1 Å². The van der Waals surface area contributed by atoms with Crippen LogP contribution in [-0.4, -0.2) is 25.0 Å². The number of benzene rings is 2. The summed E-state index contributed by atoms with van der Waals surface area (Å²) in [6.07, 6.45) is 0. The first kappa shape index (κ1) is 18.0. The maximum Gasteiger partial charge on any atom is 0.258 e. The highest BCUT2D eigenvalue weighted by molar-refractivity contribution is 9.10. The van der Waals surface area contributed by atoms with Gasteiger partial charge in [-0.15, -0.1) is 0 Å². The van der Waals surface area contributed by atoms with Crippen LogP contribution < -0.4 is 15.4 Å². The van der Waals surface area contributed by atoms with Gasteiger partial charge in [0, 0.05) is 4.47 Å². The SMILES string of the molecule is C[C@H](NC(=O)CNC(=O)COc1ccccc1)c1ccc(Br)cc1. The molecule has 126 valence electrons. The Morgan fingerprint density at radius 1 is 1.04 bits per heavy atom. The minimum absolute atomic E-state index is 0.0855. The van der Waals surface area contributed by atoms with Gasteiger partial charge >= 0.3 is 0 Å². The van der Waals surface area contributed by atoms with Crippen molar-refractivity contribution >= 4 is 27.7 Å². The highest BCUT2D eigenvalue weighted by Crippen LogP contribution is 2.16. The van der Waals surface area contributed by atoms with Gasteiger partial charge in [-0.25, -0.2) is 0 Å². The quantitative estimate of drug-likeness (QED) is 0.763. The Morgan fingerprint density at radius 3 is 2.38 bits per heavy atom. The lowest BCUT2D eigenvalue weighted by Gasteiger charge is -2.15. The minimum Gasteiger partial charge on any atom is -0.484 e. The molecule has 2 rings (SSSR count). The van der Waals surface area contributed by atoms with E-state index in [1.807, 2.05) is 49.4 Å². The van der Waals surface area contributed by atoms with Gasteiger partial charge in [-0.05, 0) is 36.8 Å². The predicted octanol–water partition coefficient (Wildman–Crippen LogP) is 2.82. The molecule has 24 heavy (non-hydrogen) atoms. The average molecular weight is 391 g/mol. The molecule has 0 aliphatic carbocycles. The largest absolute Gasteiger partial charge is 0.484 e. The van der Waals surface area contributed by atoms with E-state index in [2.05, 4.69) is 26.6 Å². The number of rotatable bonds is 7. The van der Waals surface area contributed by atoms with Crippen LogP contribution in [0.15, 0.2) is 59.1 Å². The molecule has 0 radical (unpaired) electrons. The Hall–Kier alpha value is -2.34. The van der Waals surface area contributed by atoms with Gasteiger partial charge in [-0.2, -0.15) is 0 Å². The van der Waals surface area contributed by atoms with Gasteiger partial charge in [0.2, 0.25) is 5.91 Å². The van der Waals surface area contributed by atoms with Gasteiger partial charge in [-0.3, -0.25) is 9.59 Å². The Kier molecular flexibility index (Phi) is 6.81. The zero-order valence-electron chi connectivity index (χ0n) is 13.3. The van der Waals surface area contributed by atoms with Crippen LogP contribution in [0.3, 0.4) is 0 Å². The van der Waals surface area contributed by atoms with Crippen LogP contribution in [0.5, 0.6) is 5.75 Å². The van der Waals surface area contributed by atoms with Crippen molar-refractivity contribution < 1.29 is 14.3 Å². The lowest BCUT2D eigenvalue weighted by Crippen LogP contribution is -2.39. The molecule has 0 bridgehead atoms. The molecule has 0 aliphatic heterocycles. The summed E-state index contributed by atoms with van der Waals surface area (Å²) < 4.78 is 6.30. The summed E-state index contributed by atoms with van der Waals surface area (Å²) >= 11 is 3.37. The molecule has 5 nitrogen and oxygen atoms in total. The van der Waals surface area contributed by atoms with Crippen LogP contribution in [0, 0.1) is 0 Å². The minimum atomic E-state index is -0.342. The number of nitrogens with one attached hydrogen (secondary N) is 2. The first-order chi connectivity index (χ1) is 11.5. The molecule has 1 atom stereocenters. The molecule has 0 aromatic heterocycles. The number of amides is 2. The third-order valence-electron chi connectivity index (χ3n) is 3.31. The molecule has 0 saturated heterocycles. The van der Waals surface area contributed by atoms with Crippen LogP contribution in [0.1, 0.15) is 18.5 Å². The normalized spacial score (nSPS) is 11.4. The summed E-state index contributed by atoms with van der Waals surface area (Å²) in [5.74, 6) is 0.0183. The van der Waals surface area contributed by atoms with Crippen LogP contribution in [0.2, 0.25) is 0 Å². The van der Waals surface area contributed by atoms with Crippen molar-refractivity contribution in [1.82, 2.24) is 10.6 Å². The van der Waals surface area contributed by atoms with E-state index in [0.717, 1.165) is 10.0 Å². The van der Waals surface area contributed by atoms with Crippen molar-refractivity contribution in [3.63, 3.8) is 0 Å². The van der Waals surface area contributed by atoms with E-state index < -0.39 is 0 Å². The molecule has 2 N–H and O–H groups in total. The second-order valence-electron chi connectivity index (χ2n) is 5.22. The Labute approximate surface area is 149 Å². The van der Waals surface area contributed by atoms with Crippen LogP contribution >= 0.6 is 15.9 Å². The molecule has 2 aromatic carbocycles. The van der Waals surface area contributed by atoms with Crippen molar-refractivity contribution in [3.8, 4) is 5.75 Å². The van der Waals surface area contributed by atoms with Gasteiger partial charge in [0.1, 0.15) is 5.75 Å². The number of halogens is 1. The molecule has 0 heterocycles. The maximum atomic E-state index is 11.9. The molecular formula is C18H19BrN2O3. The molecule has 0 saturated carbocycles. The summed E-state index contributed by atoms with van der Waals surface area (Å²) in [6.45, 7) is 1.68. The maximum absolute atomic E-state index is 11.9. The predicted molar refractivity (Wildman–Crippen MR) is 95.6 cm³/mol. The van der Waals surface area contributed by atoms with E-state index in [-0.39, 0.29) is 31.0 Å². The van der Waals surface area contributed by atoms with Gasteiger partial charge in [-0.1, -0.05) is 46.3 Å². The fourth-order valence-electron chi connectivity index (χ4n) is 2.02. The van der Waals surface area contributed by atoms with Gasteiger partial charge in [0.05, 0.1) is 12.6 Å². The Bertz CT molecular complexity index is 674. The molecule has 0 unspecified atom stereocenters. The van der Waals surface area contributed by atoms with Crippen molar-refractivity contribution in [3.05, 3.63) is 64.6 Å². The number of para-hydroxylation sites is 1. The fourth-order valence-corrected chi connectivity index (χ4v) is 2.29. The molecular weight excluding hydrogens is 372 g/mol. The summed E-state index contributed by atoms with van der Waals surface area (Å²) in [4.78, 5) is 23.6. The van der Waals surface area contributed by atoms with E-state index in [4.69, 9.17) is 4.74 Å². The lowest BCUT2D eigenvalue weighted by atomic mass is 10.1. The standard InChI is InChI=1S/C18H19BrN2O3/c1-13(14-7-9-15(19)10-8-14)21-17(22)11-20-18(23)12-24-16-5-3-2-4-6-16/h2-10,13H,11-12H2,1H3,(H,20,23)(H,21,22)/t13-/m0/s1. The summed E-state index contributed by atoms with van der Waals surface area (Å²) in [6, 6.07) is 16.6. The van der Waals surface area contributed by atoms with Crippen molar-refractivity contribution in [1.29, 1.82) is 0 Å². The fraction of sp³-hybridized carbons (Fsp3) is 0.222.